The van der Waals surface area contributed by atoms with Crippen molar-refractivity contribution in [2.45, 2.75) is 13.8 Å². The minimum Gasteiger partial charge on any atom is -0.495 e. The number of carbonyl (C=O) groups excluding carboxylic acids is 1. The molecule has 0 saturated heterocycles. The molecule has 2 amide bonds. The van der Waals surface area contributed by atoms with Gasteiger partial charge in [0, 0.05) is 25.2 Å². The predicted octanol–water partition coefficient (Wildman–Crippen LogP) is 3.23. The highest BCUT2D eigenvalue weighted by atomic mass is 35.5. The van der Waals surface area contributed by atoms with Crippen molar-refractivity contribution in [1.82, 2.24) is 4.90 Å². The number of ether oxygens (including phenoxy) is 2. The van der Waals surface area contributed by atoms with E-state index in [0.29, 0.717) is 35.3 Å². The van der Waals surface area contributed by atoms with E-state index in [1.165, 1.54) is 14.2 Å². The second kappa shape index (κ2) is 7.09. The monoisotopic (exact) mass is 286 g/mol. The molecule has 6 heteroatoms. The van der Waals surface area contributed by atoms with E-state index in [1.807, 2.05) is 13.8 Å². The minimum atomic E-state index is -0.187. The molecule has 0 atom stereocenters. The molecular formula is C13H19ClN2O3. The van der Waals surface area contributed by atoms with Crippen molar-refractivity contribution < 1.29 is 14.3 Å². The van der Waals surface area contributed by atoms with Crippen LogP contribution in [-0.2, 0) is 0 Å². The molecule has 1 aromatic rings. The molecule has 1 aromatic carbocycles. The third-order valence-electron chi connectivity index (χ3n) is 2.77. The highest BCUT2D eigenvalue weighted by Crippen LogP contribution is 2.35. The number of rotatable bonds is 5. The van der Waals surface area contributed by atoms with Gasteiger partial charge in [-0.05, 0) is 13.8 Å². The summed E-state index contributed by atoms with van der Waals surface area (Å²) in [5.74, 6) is 0.976. The Kier molecular flexibility index (Phi) is 5.76. The number of urea groups is 1. The molecule has 0 spiro atoms. The Morgan fingerprint density at radius 2 is 1.79 bits per heavy atom. The second-order valence-corrected chi connectivity index (χ2v) is 4.20. The normalized spacial score (nSPS) is 9.95. The van der Waals surface area contributed by atoms with E-state index in [1.54, 1.807) is 17.0 Å². The molecule has 0 bridgehead atoms. The Morgan fingerprint density at radius 3 is 2.26 bits per heavy atom. The Morgan fingerprint density at radius 1 is 1.21 bits per heavy atom. The van der Waals surface area contributed by atoms with Crippen LogP contribution in [0.2, 0.25) is 5.02 Å². The van der Waals surface area contributed by atoms with Crippen LogP contribution in [0.4, 0.5) is 10.5 Å². The van der Waals surface area contributed by atoms with Crippen LogP contribution in [0.3, 0.4) is 0 Å². The minimum absolute atomic E-state index is 0.187. The van der Waals surface area contributed by atoms with Crippen LogP contribution in [0.25, 0.3) is 0 Å². The van der Waals surface area contributed by atoms with Gasteiger partial charge in [-0.3, -0.25) is 0 Å². The molecule has 0 unspecified atom stereocenters. The van der Waals surface area contributed by atoms with Gasteiger partial charge in [0.05, 0.1) is 24.9 Å². The maximum absolute atomic E-state index is 12.0. The number of hydrogen-bond acceptors (Lipinski definition) is 3. The van der Waals surface area contributed by atoms with E-state index >= 15 is 0 Å². The smallest absolute Gasteiger partial charge is 0.321 e. The zero-order valence-corrected chi connectivity index (χ0v) is 12.4. The topological polar surface area (TPSA) is 50.8 Å². The molecule has 1 N–H and O–H groups in total. The average Bonchev–Trinajstić information content (AvgIpc) is 2.41. The molecule has 19 heavy (non-hydrogen) atoms. The number of benzene rings is 1. The van der Waals surface area contributed by atoms with Crippen molar-refractivity contribution in [2.24, 2.45) is 0 Å². The zero-order valence-electron chi connectivity index (χ0n) is 11.6. The molecule has 0 aromatic heterocycles. The number of nitrogens with zero attached hydrogens (tertiary/aromatic N) is 1. The van der Waals surface area contributed by atoms with Gasteiger partial charge in [-0.1, -0.05) is 11.6 Å². The molecular weight excluding hydrogens is 268 g/mol. The molecule has 5 nitrogen and oxygen atoms in total. The van der Waals surface area contributed by atoms with Gasteiger partial charge in [-0.15, -0.1) is 0 Å². The molecule has 1 rings (SSSR count). The maximum atomic E-state index is 12.0. The summed E-state index contributed by atoms with van der Waals surface area (Å²) >= 11 is 6.01. The van der Waals surface area contributed by atoms with Crippen molar-refractivity contribution in [2.75, 3.05) is 32.6 Å². The summed E-state index contributed by atoms with van der Waals surface area (Å²) < 4.78 is 10.3. The molecule has 0 fully saturated rings. The Labute approximate surface area is 118 Å². The van der Waals surface area contributed by atoms with Crippen molar-refractivity contribution >= 4 is 23.3 Å². The van der Waals surface area contributed by atoms with E-state index in [0.717, 1.165) is 0 Å². The van der Waals surface area contributed by atoms with E-state index < -0.39 is 0 Å². The summed E-state index contributed by atoms with van der Waals surface area (Å²) in [7, 11) is 3.04. The van der Waals surface area contributed by atoms with Crippen molar-refractivity contribution in [3.05, 3.63) is 17.2 Å². The maximum Gasteiger partial charge on any atom is 0.321 e. The number of hydrogen-bond donors (Lipinski definition) is 1. The van der Waals surface area contributed by atoms with Crippen LogP contribution in [-0.4, -0.2) is 38.2 Å². The van der Waals surface area contributed by atoms with E-state index in [2.05, 4.69) is 5.32 Å². The highest BCUT2D eigenvalue weighted by Gasteiger charge is 2.15. The fourth-order valence-corrected chi connectivity index (χ4v) is 1.89. The summed E-state index contributed by atoms with van der Waals surface area (Å²) in [4.78, 5) is 13.7. The number of methoxy groups -OCH3 is 2. The summed E-state index contributed by atoms with van der Waals surface area (Å²) in [6, 6.07) is 3.06. The standard InChI is InChI=1S/C13H19ClN2O3/c1-5-16(6-2)13(17)15-10-8-11(18-3)9(14)7-12(10)19-4/h7-8H,5-6H2,1-4H3,(H,15,17). The number of nitrogens with one attached hydrogen (secondary N) is 1. The third kappa shape index (κ3) is 3.67. The highest BCUT2D eigenvalue weighted by molar-refractivity contribution is 6.32. The van der Waals surface area contributed by atoms with Crippen LogP contribution in [0.5, 0.6) is 11.5 Å². The van der Waals surface area contributed by atoms with Gasteiger partial charge in [0.15, 0.2) is 0 Å². The summed E-state index contributed by atoms with van der Waals surface area (Å²) in [6.07, 6.45) is 0. The SMILES string of the molecule is CCN(CC)C(=O)Nc1cc(OC)c(Cl)cc1OC. The largest absolute Gasteiger partial charge is 0.495 e. The molecule has 0 aliphatic heterocycles. The second-order valence-electron chi connectivity index (χ2n) is 3.79. The molecule has 0 radical (unpaired) electrons. The summed E-state index contributed by atoms with van der Waals surface area (Å²) in [6.45, 7) is 5.11. The molecule has 0 heterocycles. The van der Waals surface area contributed by atoms with Crippen LogP contribution in [0, 0.1) is 0 Å². The third-order valence-corrected chi connectivity index (χ3v) is 3.06. The van der Waals surface area contributed by atoms with Gasteiger partial charge in [0.2, 0.25) is 0 Å². The summed E-state index contributed by atoms with van der Waals surface area (Å²) in [5, 5.41) is 3.22. The van der Waals surface area contributed by atoms with Gasteiger partial charge in [0.1, 0.15) is 11.5 Å². The van der Waals surface area contributed by atoms with Crippen molar-refractivity contribution in [3.8, 4) is 11.5 Å². The lowest BCUT2D eigenvalue weighted by Crippen LogP contribution is -2.34. The number of halogens is 1. The van der Waals surface area contributed by atoms with Gasteiger partial charge in [-0.2, -0.15) is 0 Å². The van der Waals surface area contributed by atoms with E-state index in [9.17, 15) is 4.79 Å². The lowest BCUT2D eigenvalue weighted by molar-refractivity contribution is 0.217. The molecule has 0 aliphatic carbocycles. The number of anilines is 1. The van der Waals surface area contributed by atoms with Crippen molar-refractivity contribution in [3.63, 3.8) is 0 Å². The Hall–Kier alpha value is -1.62. The predicted molar refractivity (Wildman–Crippen MR) is 76.5 cm³/mol. The fourth-order valence-electron chi connectivity index (χ4n) is 1.66. The average molecular weight is 287 g/mol. The lowest BCUT2D eigenvalue weighted by atomic mass is 10.2. The van der Waals surface area contributed by atoms with Crippen LogP contribution >= 0.6 is 11.6 Å². The first-order chi connectivity index (χ1) is 9.07. The van der Waals surface area contributed by atoms with Gasteiger partial charge in [-0.25, -0.2) is 4.79 Å². The quantitative estimate of drug-likeness (QED) is 0.904. The van der Waals surface area contributed by atoms with E-state index in [-0.39, 0.29) is 6.03 Å². The Bertz CT molecular complexity index is 448. The van der Waals surface area contributed by atoms with Crippen LogP contribution < -0.4 is 14.8 Å². The summed E-state index contributed by atoms with van der Waals surface area (Å²) in [5.41, 5.74) is 0.528. The number of amides is 2. The van der Waals surface area contributed by atoms with Gasteiger partial charge in [0.25, 0.3) is 0 Å². The van der Waals surface area contributed by atoms with E-state index in [4.69, 9.17) is 21.1 Å². The zero-order chi connectivity index (χ0) is 14.4. The Balaban J connectivity index is 3.02. The van der Waals surface area contributed by atoms with Crippen LogP contribution in [0.1, 0.15) is 13.8 Å². The van der Waals surface area contributed by atoms with Gasteiger partial charge < -0.3 is 19.7 Å². The number of carbonyl (C=O) groups is 1. The lowest BCUT2D eigenvalue weighted by Gasteiger charge is -2.20. The first kappa shape index (κ1) is 15.4. The van der Waals surface area contributed by atoms with Crippen LogP contribution in [0.15, 0.2) is 12.1 Å². The molecule has 0 aliphatic rings. The van der Waals surface area contributed by atoms with Gasteiger partial charge >= 0.3 is 6.03 Å². The van der Waals surface area contributed by atoms with Crippen molar-refractivity contribution in [1.29, 1.82) is 0 Å². The fraction of sp³-hybridized carbons (Fsp3) is 0.462. The molecule has 106 valence electrons. The first-order valence-electron chi connectivity index (χ1n) is 6.04. The first-order valence-corrected chi connectivity index (χ1v) is 6.42. The molecule has 0 saturated carbocycles.